The van der Waals surface area contributed by atoms with Gasteiger partial charge in [0.15, 0.2) is 0 Å². The molecule has 27 heavy (non-hydrogen) atoms. The number of fused-ring (bicyclic) bond motifs is 1. The van der Waals surface area contributed by atoms with Gasteiger partial charge < -0.3 is 9.88 Å². The summed E-state index contributed by atoms with van der Waals surface area (Å²) in [4.78, 5) is 34.2. The van der Waals surface area contributed by atoms with Crippen molar-refractivity contribution >= 4 is 40.0 Å². The maximum Gasteiger partial charge on any atom is 0.258 e. The van der Waals surface area contributed by atoms with Gasteiger partial charge in [-0.2, -0.15) is 0 Å². The first-order valence-corrected chi connectivity index (χ1v) is 9.42. The summed E-state index contributed by atoms with van der Waals surface area (Å²) in [6, 6.07) is 13.6. The van der Waals surface area contributed by atoms with Crippen molar-refractivity contribution in [2.75, 3.05) is 6.54 Å². The molecule has 0 radical (unpaired) electrons. The molecule has 0 saturated heterocycles. The van der Waals surface area contributed by atoms with Crippen molar-refractivity contribution in [2.24, 2.45) is 0 Å². The van der Waals surface area contributed by atoms with E-state index in [1.807, 2.05) is 44.2 Å². The molecule has 3 aromatic rings. The van der Waals surface area contributed by atoms with E-state index < -0.39 is 11.4 Å². The van der Waals surface area contributed by atoms with Crippen LogP contribution in [0.1, 0.15) is 36.7 Å². The van der Waals surface area contributed by atoms with Crippen molar-refractivity contribution in [2.45, 2.75) is 25.3 Å². The minimum absolute atomic E-state index is 0.244. The Morgan fingerprint density at radius 2 is 1.93 bits per heavy atom. The van der Waals surface area contributed by atoms with Crippen LogP contribution < -0.4 is 5.56 Å². The molecule has 2 atom stereocenters. The Hall–Kier alpha value is -2.37. The van der Waals surface area contributed by atoms with Crippen LogP contribution in [0.3, 0.4) is 0 Å². The molecular weight excluding hydrogens is 385 g/mol. The molecule has 0 aliphatic heterocycles. The number of carbonyl (C=O) groups is 1. The normalized spacial score (nSPS) is 13.3. The molecule has 0 aliphatic rings. The van der Waals surface area contributed by atoms with Gasteiger partial charge >= 0.3 is 0 Å². The average Bonchev–Trinajstić information content (AvgIpc) is 2.67. The molecule has 3 rings (SSSR count). The molecule has 0 saturated carbocycles. The van der Waals surface area contributed by atoms with Gasteiger partial charge in [0.2, 0.25) is 5.91 Å². The van der Waals surface area contributed by atoms with Crippen LogP contribution >= 0.6 is 23.2 Å². The molecule has 2 aromatic carbocycles. The van der Waals surface area contributed by atoms with E-state index in [9.17, 15) is 9.59 Å². The molecule has 7 heteroatoms. The number of amides is 1. The Kier molecular flexibility index (Phi) is 5.82. The van der Waals surface area contributed by atoms with Crippen molar-refractivity contribution in [1.82, 2.24) is 14.9 Å². The first-order chi connectivity index (χ1) is 12.9. The van der Waals surface area contributed by atoms with Gasteiger partial charge in [0.1, 0.15) is 11.2 Å². The van der Waals surface area contributed by atoms with E-state index in [1.54, 1.807) is 23.1 Å². The van der Waals surface area contributed by atoms with Gasteiger partial charge in [-0.3, -0.25) is 9.59 Å². The molecule has 1 heterocycles. The van der Waals surface area contributed by atoms with Crippen molar-refractivity contribution in [3.05, 3.63) is 75.3 Å². The molecule has 0 spiro atoms. The lowest BCUT2D eigenvalue weighted by molar-refractivity contribution is -0.133. The molecule has 0 aliphatic carbocycles. The number of hydrogen-bond donors (Lipinski definition) is 1. The summed E-state index contributed by atoms with van der Waals surface area (Å²) in [7, 11) is 0. The SMILES string of the molecule is CCN(C(=O)[C@@H](Cl)c1ccccc1)[C@@H](C)c1nc2cc(Cl)ccc2c(=O)[nH]1. The molecule has 5 nitrogen and oxygen atoms in total. The summed E-state index contributed by atoms with van der Waals surface area (Å²) in [5.74, 6) is 0.147. The van der Waals surface area contributed by atoms with Crippen LogP contribution in [-0.2, 0) is 4.79 Å². The number of aromatic nitrogens is 2. The third-order valence-electron chi connectivity index (χ3n) is 4.48. The Labute approximate surface area is 166 Å². The Balaban J connectivity index is 1.95. The zero-order chi connectivity index (χ0) is 19.6. The van der Waals surface area contributed by atoms with Crippen molar-refractivity contribution in [3.63, 3.8) is 0 Å². The summed E-state index contributed by atoms with van der Waals surface area (Å²) in [5, 5.41) is 0.131. The number of benzene rings is 2. The van der Waals surface area contributed by atoms with Crippen LogP contribution in [0, 0.1) is 0 Å². The van der Waals surface area contributed by atoms with E-state index >= 15 is 0 Å². The van der Waals surface area contributed by atoms with Crippen molar-refractivity contribution in [3.8, 4) is 0 Å². The highest BCUT2D eigenvalue weighted by molar-refractivity contribution is 6.31. The lowest BCUT2D eigenvalue weighted by Crippen LogP contribution is -2.37. The molecule has 1 amide bonds. The van der Waals surface area contributed by atoms with E-state index in [1.165, 1.54) is 0 Å². The van der Waals surface area contributed by atoms with Gasteiger partial charge in [0, 0.05) is 11.6 Å². The van der Waals surface area contributed by atoms with Gasteiger partial charge in [-0.1, -0.05) is 41.9 Å². The number of nitrogens with one attached hydrogen (secondary N) is 1. The number of aromatic amines is 1. The smallest absolute Gasteiger partial charge is 0.258 e. The topological polar surface area (TPSA) is 66.1 Å². The number of rotatable bonds is 5. The van der Waals surface area contributed by atoms with E-state index in [4.69, 9.17) is 23.2 Å². The minimum Gasteiger partial charge on any atom is -0.331 e. The minimum atomic E-state index is -0.810. The maximum atomic E-state index is 12.9. The highest BCUT2D eigenvalue weighted by Gasteiger charge is 2.28. The molecule has 0 unspecified atom stereocenters. The lowest BCUT2D eigenvalue weighted by Gasteiger charge is -2.29. The van der Waals surface area contributed by atoms with E-state index in [-0.39, 0.29) is 11.5 Å². The zero-order valence-corrected chi connectivity index (χ0v) is 16.5. The standard InChI is InChI=1S/C20H19Cl2N3O2/c1-3-25(20(27)17(22)13-7-5-4-6-8-13)12(2)18-23-16-11-14(21)9-10-15(16)19(26)24-18/h4-12,17H,3H2,1-2H3,(H,23,24,26)/t12-,17-/m0/s1. The molecule has 0 fully saturated rings. The molecule has 0 bridgehead atoms. The number of alkyl halides is 1. The first kappa shape index (κ1) is 19.4. The fourth-order valence-electron chi connectivity index (χ4n) is 3.01. The van der Waals surface area contributed by atoms with Gasteiger partial charge in [-0.05, 0) is 37.6 Å². The molecular formula is C20H19Cl2N3O2. The lowest BCUT2D eigenvalue weighted by atomic mass is 10.1. The van der Waals surface area contributed by atoms with Crippen LogP contribution in [0.5, 0.6) is 0 Å². The largest absolute Gasteiger partial charge is 0.331 e. The summed E-state index contributed by atoms with van der Waals surface area (Å²) < 4.78 is 0. The predicted octanol–water partition coefficient (Wildman–Crippen LogP) is 4.47. The van der Waals surface area contributed by atoms with Crippen LogP contribution in [-0.4, -0.2) is 27.3 Å². The second kappa shape index (κ2) is 8.11. The summed E-state index contributed by atoms with van der Waals surface area (Å²) in [6.45, 7) is 4.09. The van der Waals surface area contributed by atoms with Gasteiger partial charge in [-0.15, -0.1) is 11.6 Å². The number of halogens is 2. The third kappa shape index (κ3) is 3.99. The van der Waals surface area contributed by atoms with Gasteiger partial charge in [0.05, 0.1) is 16.9 Å². The Morgan fingerprint density at radius 1 is 1.22 bits per heavy atom. The summed E-state index contributed by atoms with van der Waals surface area (Å²) in [6.07, 6.45) is 0. The molecule has 1 N–H and O–H groups in total. The summed E-state index contributed by atoms with van der Waals surface area (Å²) >= 11 is 12.4. The highest BCUT2D eigenvalue weighted by atomic mass is 35.5. The number of H-pyrrole nitrogens is 1. The Bertz CT molecular complexity index is 1020. The monoisotopic (exact) mass is 403 g/mol. The predicted molar refractivity (Wildman–Crippen MR) is 108 cm³/mol. The van der Waals surface area contributed by atoms with E-state index in [0.717, 1.165) is 5.56 Å². The molecule has 140 valence electrons. The van der Waals surface area contributed by atoms with Crippen LogP contribution in [0.4, 0.5) is 0 Å². The second-order valence-electron chi connectivity index (χ2n) is 6.19. The average molecular weight is 404 g/mol. The third-order valence-corrected chi connectivity index (χ3v) is 5.16. The van der Waals surface area contributed by atoms with E-state index in [0.29, 0.717) is 28.3 Å². The van der Waals surface area contributed by atoms with Crippen LogP contribution in [0.2, 0.25) is 5.02 Å². The van der Waals surface area contributed by atoms with E-state index in [2.05, 4.69) is 9.97 Å². The van der Waals surface area contributed by atoms with Crippen LogP contribution in [0.25, 0.3) is 10.9 Å². The fourth-order valence-corrected chi connectivity index (χ4v) is 3.44. The zero-order valence-electron chi connectivity index (χ0n) is 14.9. The van der Waals surface area contributed by atoms with Crippen molar-refractivity contribution in [1.29, 1.82) is 0 Å². The number of carbonyl (C=O) groups excluding carboxylic acids is 1. The second-order valence-corrected chi connectivity index (χ2v) is 7.06. The number of likely N-dealkylation sites (N-methyl/N-ethyl adjacent to an activating group) is 1. The maximum absolute atomic E-state index is 12.9. The quantitative estimate of drug-likeness (QED) is 0.639. The number of nitrogens with zero attached hydrogens (tertiary/aromatic N) is 2. The fraction of sp³-hybridized carbons (Fsp3) is 0.250. The van der Waals surface area contributed by atoms with Gasteiger partial charge in [0.25, 0.3) is 5.56 Å². The first-order valence-electron chi connectivity index (χ1n) is 8.61. The van der Waals surface area contributed by atoms with Gasteiger partial charge in [-0.25, -0.2) is 4.98 Å². The molecule has 1 aromatic heterocycles. The highest BCUT2D eigenvalue weighted by Crippen LogP contribution is 2.27. The number of hydrogen-bond acceptors (Lipinski definition) is 3. The summed E-state index contributed by atoms with van der Waals surface area (Å²) in [5.41, 5.74) is 0.941. The Morgan fingerprint density at radius 3 is 2.59 bits per heavy atom. The van der Waals surface area contributed by atoms with Crippen LogP contribution in [0.15, 0.2) is 53.3 Å². The van der Waals surface area contributed by atoms with Crippen molar-refractivity contribution < 1.29 is 4.79 Å².